The van der Waals surface area contributed by atoms with Crippen molar-refractivity contribution in [1.82, 2.24) is 9.97 Å². The molecule has 1 aromatic carbocycles. The third kappa shape index (κ3) is 3.02. The number of halogens is 1. The Labute approximate surface area is 157 Å². The van der Waals surface area contributed by atoms with Crippen molar-refractivity contribution in [3.8, 4) is 11.1 Å². The van der Waals surface area contributed by atoms with Crippen LogP contribution in [0.3, 0.4) is 0 Å². The molecule has 3 nitrogen and oxygen atoms in total. The van der Waals surface area contributed by atoms with Crippen molar-refractivity contribution in [3.63, 3.8) is 0 Å². The molecule has 0 amide bonds. The molecule has 0 saturated carbocycles. The van der Waals surface area contributed by atoms with Gasteiger partial charge in [-0.25, -0.2) is 4.98 Å². The predicted octanol–water partition coefficient (Wildman–Crippen LogP) is 6.04. The highest BCUT2D eigenvalue weighted by molar-refractivity contribution is 7.19. The maximum atomic E-state index is 6.22. The SMILES string of the molecule is Cc1sc2nc(Cl)nc(N3CCCC3)c2c1-c1ccc(C(C)C)cc1. The standard InChI is InChI=1S/C20H22ClN3S/c1-12(2)14-6-8-15(9-7-14)16-13(3)25-19-17(16)18(22-20(21)23-19)24-10-4-5-11-24/h6-9,12H,4-5,10-11H2,1-3H3. The van der Waals surface area contributed by atoms with Gasteiger partial charge in [0.25, 0.3) is 0 Å². The number of benzene rings is 1. The summed E-state index contributed by atoms with van der Waals surface area (Å²) < 4.78 is 0. The topological polar surface area (TPSA) is 29.0 Å². The lowest BCUT2D eigenvalue weighted by atomic mass is 9.98. The van der Waals surface area contributed by atoms with Gasteiger partial charge in [-0.2, -0.15) is 4.98 Å². The minimum Gasteiger partial charge on any atom is -0.356 e. The van der Waals surface area contributed by atoms with Gasteiger partial charge in [0.05, 0.1) is 5.39 Å². The zero-order chi connectivity index (χ0) is 17.6. The molecule has 5 heteroatoms. The molecule has 3 heterocycles. The van der Waals surface area contributed by atoms with E-state index in [-0.39, 0.29) is 0 Å². The van der Waals surface area contributed by atoms with Crippen LogP contribution in [0, 0.1) is 6.92 Å². The molecule has 3 aromatic rings. The number of hydrogen-bond acceptors (Lipinski definition) is 4. The normalized spacial score (nSPS) is 14.8. The molecular weight excluding hydrogens is 350 g/mol. The summed E-state index contributed by atoms with van der Waals surface area (Å²) in [6.45, 7) is 8.70. The second-order valence-corrected chi connectivity index (χ2v) is 8.54. The minimum atomic E-state index is 0.345. The molecule has 0 bridgehead atoms. The van der Waals surface area contributed by atoms with Gasteiger partial charge >= 0.3 is 0 Å². The van der Waals surface area contributed by atoms with E-state index in [4.69, 9.17) is 11.6 Å². The van der Waals surface area contributed by atoms with E-state index in [9.17, 15) is 0 Å². The second kappa shape index (κ2) is 6.58. The molecule has 0 spiro atoms. The third-order valence-corrected chi connectivity index (χ3v) is 6.12. The molecular formula is C20H22ClN3S. The van der Waals surface area contributed by atoms with Gasteiger partial charge in [-0.3, -0.25) is 0 Å². The summed E-state index contributed by atoms with van der Waals surface area (Å²) in [6, 6.07) is 8.92. The molecule has 1 saturated heterocycles. The molecule has 130 valence electrons. The van der Waals surface area contributed by atoms with E-state index in [0.717, 1.165) is 29.1 Å². The van der Waals surface area contributed by atoms with E-state index in [0.29, 0.717) is 11.2 Å². The Morgan fingerprint density at radius 2 is 1.76 bits per heavy atom. The van der Waals surface area contributed by atoms with Crippen molar-refractivity contribution >= 4 is 39.0 Å². The molecule has 0 unspecified atom stereocenters. The van der Waals surface area contributed by atoms with Crippen LogP contribution in [0.15, 0.2) is 24.3 Å². The largest absolute Gasteiger partial charge is 0.356 e. The van der Waals surface area contributed by atoms with Crippen LogP contribution in [0.5, 0.6) is 0 Å². The van der Waals surface area contributed by atoms with Crippen LogP contribution >= 0.6 is 22.9 Å². The first-order valence-electron chi connectivity index (χ1n) is 8.86. The lowest BCUT2D eigenvalue weighted by molar-refractivity contribution is 0.867. The van der Waals surface area contributed by atoms with E-state index in [1.807, 2.05) is 0 Å². The van der Waals surface area contributed by atoms with Crippen molar-refractivity contribution < 1.29 is 0 Å². The minimum absolute atomic E-state index is 0.345. The number of anilines is 1. The lowest BCUT2D eigenvalue weighted by Gasteiger charge is -2.18. The average Bonchev–Trinajstić information content (AvgIpc) is 3.21. The number of aryl methyl sites for hydroxylation is 1. The summed E-state index contributed by atoms with van der Waals surface area (Å²) in [7, 11) is 0. The van der Waals surface area contributed by atoms with Crippen LogP contribution in [-0.4, -0.2) is 23.1 Å². The summed E-state index contributed by atoms with van der Waals surface area (Å²) in [5, 5.41) is 1.50. The molecule has 1 aliphatic heterocycles. The maximum absolute atomic E-state index is 6.22. The first-order chi connectivity index (χ1) is 12.0. The van der Waals surface area contributed by atoms with Crippen LogP contribution in [0.25, 0.3) is 21.3 Å². The van der Waals surface area contributed by atoms with Gasteiger partial charge in [0.15, 0.2) is 0 Å². The van der Waals surface area contributed by atoms with E-state index >= 15 is 0 Å². The first kappa shape index (κ1) is 16.8. The lowest BCUT2D eigenvalue weighted by Crippen LogP contribution is -2.19. The predicted molar refractivity (Wildman–Crippen MR) is 108 cm³/mol. The highest BCUT2D eigenvalue weighted by Crippen LogP contribution is 2.43. The Hall–Kier alpha value is -1.65. The van der Waals surface area contributed by atoms with Gasteiger partial charge in [-0.05, 0) is 48.4 Å². The van der Waals surface area contributed by atoms with Crippen LogP contribution in [-0.2, 0) is 0 Å². The molecule has 0 radical (unpaired) electrons. The Bertz CT molecular complexity index is 909. The van der Waals surface area contributed by atoms with Gasteiger partial charge in [0.1, 0.15) is 10.6 Å². The van der Waals surface area contributed by atoms with Crippen LogP contribution in [0.1, 0.15) is 43.0 Å². The van der Waals surface area contributed by atoms with Crippen LogP contribution in [0.4, 0.5) is 5.82 Å². The first-order valence-corrected chi connectivity index (χ1v) is 10.1. The van der Waals surface area contributed by atoms with Gasteiger partial charge in [-0.1, -0.05) is 38.1 Å². The molecule has 2 aromatic heterocycles. The summed E-state index contributed by atoms with van der Waals surface area (Å²) >= 11 is 7.93. The Morgan fingerprint density at radius 1 is 1.08 bits per heavy atom. The zero-order valence-corrected chi connectivity index (χ0v) is 16.4. The Kier molecular flexibility index (Phi) is 4.42. The van der Waals surface area contributed by atoms with Crippen molar-refractivity contribution in [3.05, 3.63) is 40.0 Å². The van der Waals surface area contributed by atoms with Crippen molar-refractivity contribution in [1.29, 1.82) is 0 Å². The van der Waals surface area contributed by atoms with E-state index in [2.05, 4.69) is 59.9 Å². The molecule has 4 rings (SSSR count). The number of hydrogen-bond donors (Lipinski definition) is 0. The van der Waals surface area contributed by atoms with Crippen molar-refractivity contribution in [2.45, 2.75) is 39.5 Å². The van der Waals surface area contributed by atoms with Crippen molar-refractivity contribution in [2.24, 2.45) is 0 Å². The second-order valence-electron chi connectivity index (χ2n) is 7.00. The Morgan fingerprint density at radius 3 is 2.40 bits per heavy atom. The highest BCUT2D eigenvalue weighted by Gasteiger charge is 2.23. The van der Waals surface area contributed by atoms with Crippen LogP contribution < -0.4 is 4.90 Å². The van der Waals surface area contributed by atoms with Gasteiger partial charge < -0.3 is 4.90 Å². The number of aromatic nitrogens is 2. The highest BCUT2D eigenvalue weighted by atomic mass is 35.5. The molecule has 1 aliphatic rings. The number of thiophene rings is 1. The number of nitrogens with zero attached hydrogens (tertiary/aromatic N) is 3. The number of fused-ring (bicyclic) bond motifs is 1. The number of rotatable bonds is 3. The molecule has 25 heavy (non-hydrogen) atoms. The smallest absolute Gasteiger partial charge is 0.225 e. The van der Waals surface area contributed by atoms with E-state index in [1.54, 1.807) is 11.3 Å². The third-order valence-electron chi connectivity index (χ3n) is 4.95. The van der Waals surface area contributed by atoms with Crippen LogP contribution in [0.2, 0.25) is 5.28 Å². The Balaban J connectivity index is 1.92. The van der Waals surface area contributed by atoms with Gasteiger partial charge in [-0.15, -0.1) is 11.3 Å². The fraction of sp³-hybridized carbons (Fsp3) is 0.400. The van der Waals surface area contributed by atoms with Gasteiger partial charge in [0.2, 0.25) is 5.28 Å². The maximum Gasteiger partial charge on any atom is 0.225 e. The summed E-state index contributed by atoms with van der Waals surface area (Å²) in [6.07, 6.45) is 2.43. The molecule has 0 atom stereocenters. The molecule has 1 fully saturated rings. The van der Waals surface area contributed by atoms with E-state index in [1.165, 1.54) is 34.4 Å². The quantitative estimate of drug-likeness (QED) is 0.525. The monoisotopic (exact) mass is 371 g/mol. The van der Waals surface area contributed by atoms with Gasteiger partial charge in [0, 0.05) is 23.5 Å². The molecule has 0 N–H and O–H groups in total. The zero-order valence-electron chi connectivity index (χ0n) is 14.8. The fourth-order valence-corrected chi connectivity index (χ4v) is 4.86. The van der Waals surface area contributed by atoms with Crippen molar-refractivity contribution in [2.75, 3.05) is 18.0 Å². The average molecular weight is 372 g/mol. The summed E-state index contributed by atoms with van der Waals surface area (Å²) in [5.41, 5.74) is 3.85. The summed E-state index contributed by atoms with van der Waals surface area (Å²) in [4.78, 5) is 13.7. The molecule has 0 aliphatic carbocycles. The summed E-state index contributed by atoms with van der Waals surface area (Å²) in [5.74, 6) is 1.54. The van der Waals surface area contributed by atoms with E-state index < -0.39 is 0 Å². The fourth-order valence-electron chi connectivity index (χ4n) is 3.61.